The number of halogens is 1. The van der Waals surface area contributed by atoms with Crippen LogP contribution in [0, 0.1) is 13.8 Å². The average molecular weight is 389 g/mol. The summed E-state index contributed by atoms with van der Waals surface area (Å²) in [6.07, 6.45) is 0.749. The molecule has 138 valence electrons. The summed E-state index contributed by atoms with van der Waals surface area (Å²) < 4.78 is 0. The summed E-state index contributed by atoms with van der Waals surface area (Å²) in [6, 6.07) is 15.0. The normalized spacial score (nSPS) is 10.6. The number of benzene rings is 1. The van der Waals surface area contributed by atoms with Gasteiger partial charge in [0.15, 0.2) is 0 Å². The predicted molar refractivity (Wildman–Crippen MR) is 113 cm³/mol. The van der Waals surface area contributed by atoms with Crippen molar-refractivity contribution in [3.63, 3.8) is 0 Å². The fraction of sp³-hybridized carbons (Fsp3) is 0.286. The Morgan fingerprint density at radius 3 is 2.46 bits per heavy atom. The number of aromatic amines is 1. The van der Waals surface area contributed by atoms with E-state index in [1.165, 1.54) is 20.9 Å². The van der Waals surface area contributed by atoms with Crippen LogP contribution < -0.4 is 10.9 Å². The van der Waals surface area contributed by atoms with Crippen molar-refractivity contribution in [2.45, 2.75) is 40.3 Å². The van der Waals surface area contributed by atoms with Gasteiger partial charge in [-0.1, -0.05) is 36.8 Å². The average Bonchev–Trinajstić information content (AvgIpc) is 3.05. The highest BCUT2D eigenvalue weighted by Gasteiger charge is 2.09. The Kier molecular flexibility index (Phi) is 7.21. The molecule has 0 aliphatic heterocycles. The van der Waals surface area contributed by atoms with Gasteiger partial charge in [0.1, 0.15) is 0 Å². The summed E-state index contributed by atoms with van der Waals surface area (Å²) in [7, 11) is 0. The van der Waals surface area contributed by atoms with Crippen LogP contribution in [0.4, 0.5) is 0 Å². The second-order valence-electron chi connectivity index (χ2n) is 6.37. The standard InChI is InChI=1S/C21H24N2OS.ClH/c1-4-17-11-19(15(3)23-21(17)24)20-10-9-18(25-20)13-22-12-16-7-5-14(2)6-8-16;/h5-11,22H,4,12-13H2,1-3H3,(H,23,24);1H. The molecule has 3 rings (SSSR count). The molecule has 0 saturated heterocycles. The fourth-order valence-corrected chi connectivity index (χ4v) is 3.89. The molecule has 0 aliphatic carbocycles. The van der Waals surface area contributed by atoms with Crippen LogP contribution in [0.15, 0.2) is 47.3 Å². The summed E-state index contributed by atoms with van der Waals surface area (Å²) in [6.45, 7) is 7.80. The zero-order chi connectivity index (χ0) is 17.8. The zero-order valence-electron chi connectivity index (χ0n) is 15.4. The molecule has 0 aliphatic rings. The molecule has 0 atom stereocenters. The van der Waals surface area contributed by atoms with Crippen molar-refractivity contribution in [2.24, 2.45) is 0 Å². The molecule has 0 saturated carbocycles. The highest BCUT2D eigenvalue weighted by atomic mass is 35.5. The van der Waals surface area contributed by atoms with Gasteiger partial charge < -0.3 is 10.3 Å². The maximum absolute atomic E-state index is 11.9. The summed E-state index contributed by atoms with van der Waals surface area (Å²) in [5.41, 5.74) is 5.52. The highest BCUT2D eigenvalue weighted by molar-refractivity contribution is 7.15. The van der Waals surface area contributed by atoms with Gasteiger partial charge in [0.25, 0.3) is 5.56 Å². The monoisotopic (exact) mass is 388 g/mol. The largest absolute Gasteiger partial charge is 0.326 e. The molecule has 3 nitrogen and oxygen atoms in total. The number of hydrogen-bond donors (Lipinski definition) is 2. The van der Waals surface area contributed by atoms with E-state index in [2.05, 4.69) is 53.6 Å². The smallest absolute Gasteiger partial charge is 0.251 e. The molecule has 0 bridgehead atoms. The van der Waals surface area contributed by atoms with Gasteiger partial charge in [0.05, 0.1) is 0 Å². The van der Waals surface area contributed by atoms with Crippen LogP contribution in [0.3, 0.4) is 0 Å². The number of aryl methyl sites for hydroxylation is 3. The van der Waals surface area contributed by atoms with E-state index in [-0.39, 0.29) is 18.0 Å². The summed E-state index contributed by atoms with van der Waals surface area (Å²) in [5, 5.41) is 3.50. The Morgan fingerprint density at radius 1 is 1.04 bits per heavy atom. The first kappa shape index (κ1) is 20.4. The van der Waals surface area contributed by atoms with Crippen molar-refractivity contribution < 1.29 is 0 Å². The van der Waals surface area contributed by atoms with E-state index in [0.29, 0.717) is 0 Å². The number of pyridine rings is 1. The molecule has 3 aromatic rings. The lowest BCUT2D eigenvalue weighted by atomic mass is 10.1. The lowest BCUT2D eigenvalue weighted by molar-refractivity contribution is 0.701. The topological polar surface area (TPSA) is 44.9 Å². The van der Waals surface area contributed by atoms with Gasteiger partial charge in [-0.3, -0.25) is 4.79 Å². The molecule has 0 fully saturated rings. The van der Waals surface area contributed by atoms with Crippen molar-refractivity contribution in [2.75, 3.05) is 0 Å². The number of rotatable bonds is 6. The van der Waals surface area contributed by atoms with Crippen molar-refractivity contribution in [3.05, 3.63) is 80.1 Å². The van der Waals surface area contributed by atoms with Gasteiger partial charge >= 0.3 is 0 Å². The Morgan fingerprint density at radius 2 is 1.77 bits per heavy atom. The Hall–Kier alpha value is -1.88. The molecule has 2 aromatic heterocycles. The number of nitrogens with one attached hydrogen (secondary N) is 2. The second kappa shape index (κ2) is 9.17. The van der Waals surface area contributed by atoms with E-state index >= 15 is 0 Å². The number of hydrogen-bond acceptors (Lipinski definition) is 3. The summed E-state index contributed by atoms with van der Waals surface area (Å²) >= 11 is 1.78. The third-order valence-electron chi connectivity index (χ3n) is 4.37. The predicted octanol–water partition coefficient (Wildman–Crippen LogP) is 4.99. The molecular formula is C21H25ClN2OS. The number of thiophene rings is 1. The van der Waals surface area contributed by atoms with Crippen molar-refractivity contribution in [1.82, 2.24) is 10.3 Å². The van der Waals surface area contributed by atoms with Crippen LogP contribution in [-0.2, 0) is 19.5 Å². The quantitative estimate of drug-likeness (QED) is 0.624. The molecule has 1 aromatic carbocycles. The minimum absolute atomic E-state index is 0. The van der Waals surface area contributed by atoms with E-state index in [9.17, 15) is 4.79 Å². The molecule has 2 N–H and O–H groups in total. The minimum Gasteiger partial charge on any atom is -0.326 e. The van der Waals surface area contributed by atoms with E-state index in [0.717, 1.165) is 36.3 Å². The third kappa shape index (κ3) is 4.85. The molecular weight excluding hydrogens is 364 g/mol. The van der Waals surface area contributed by atoms with Gasteiger partial charge in [0.2, 0.25) is 0 Å². The van der Waals surface area contributed by atoms with Gasteiger partial charge in [-0.05, 0) is 44.0 Å². The van der Waals surface area contributed by atoms with E-state index in [1.54, 1.807) is 11.3 Å². The van der Waals surface area contributed by atoms with E-state index in [1.807, 2.05) is 19.9 Å². The second-order valence-corrected chi connectivity index (χ2v) is 7.54. The van der Waals surface area contributed by atoms with Crippen molar-refractivity contribution in [1.29, 1.82) is 0 Å². The number of H-pyrrole nitrogens is 1. The van der Waals surface area contributed by atoms with Crippen LogP contribution in [0.1, 0.15) is 34.2 Å². The van der Waals surface area contributed by atoms with Crippen LogP contribution in [-0.4, -0.2) is 4.98 Å². The van der Waals surface area contributed by atoms with E-state index in [4.69, 9.17) is 0 Å². The van der Waals surface area contributed by atoms with E-state index < -0.39 is 0 Å². The van der Waals surface area contributed by atoms with Gasteiger partial charge in [-0.25, -0.2) is 0 Å². The van der Waals surface area contributed by atoms with Gasteiger partial charge in [-0.2, -0.15) is 0 Å². The summed E-state index contributed by atoms with van der Waals surface area (Å²) in [4.78, 5) is 17.4. The van der Waals surface area contributed by atoms with Gasteiger partial charge in [0, 0.05) is 39.7 Å². The lowest BCUT2D eigenvalue weighted by Gasteiger charge is -2.06. The van der Waals surface area contributed by atoms with Gasteiger partial charge in [-0.15, -0.1) is 23.7 Å². The zero-order valence-corrected chi connectivity index (χ0v) is 17.0. The highest BCUT2D eigenvalue weighted by Crippen LogP contribution is 2.30. The van der Waals surface area contributed by atoms with Crippen LogP contribution in [0.2, 0.25) is 0 Å². The van der Waals surface area contributed by atoms with Crippen molar-refractivity contribution in [3.8, 4) is 10.4 Å². The van der Waals surface area contributed by atoms with Crippen LogP contribution in [0.5, 0.6) is 0 Å². The molecule has 0 spiro atoms. The first-order valence-corrected chi connectivity index (χ1v) is 9.46. The van der Waals surface area contributed by atoms with Crippen molar-refractivity contribution >= 4 is 23.7 Å². The molecule has 5 heteroatoms. The Balaban J connectivity index is 0.00000243. The fourth-order valence-electron chi connectivity index (χ4n) is 2.84. The maximum Gasteiger partial charge on any atom is 0.251 e. The van der Waals surface area contributed by atoms with Crippen LogP contribution >= 0.6 is 23.7 Å². The first-order chi connectivity index (χ1) is 12.1. The molecule has 26 heavy (non-hydrogen) atoms. The maximum atomic E-state index is 11.9. The first-order valence-electron chi connectivity index (χ1n) is 8.65. The molecule has 0 amide bonds. The minimum atomic E-state index is 0. The lowest BCUT2D eigenvalue weighted by Crippen LogP contribution is -2.13. The Labute approximate surface area is 164 Å². The molecule has 0 unspecified atom stereocenters. The molecule has 0 radical (unpaired) electrons. The number of aromatic nitrogens is 1. The third-order valence-corrected chi connectivity index (χ3v) is 5.49. The molecule has 2 heterocycles. The SMILES string of the molecule is CCc1cc(-c2ccc(CNCc3ccc(C)cc3)s2)c(C)[nH]c1=O.Cl. The summed E-state index contributed by atoms with van der Waals surface area (Å²) in [5.74, 6) is 0. The van der Waals surface area contributed by atoms with Crippen LogP contribution in [0.25, 0.3) is 10.4 Å². The Bertz CT molecular complexity index is 913.